The van der Waals surface area contributed by atoms with Crippen LogP contribution in [0.25, 0.3) is 16.7 Å². The Morgan fingerprint density at radius 1 is 0.949 bits per heavy atom. The quantitative estimate of drug-likeness (QED) is 0.275. The highest BCUT2D eigenvalue weighted by molar-refractivity contribution is 5.96. The molecule has 2 N–H and O–H groups in total. The SMILES string of the molecule is CC(C)O.COc1cccc(C2c3c(C)nn(-c4ccccc4)c3Nc3c2c(=O)oc2ccccc32)c1OC. The lowest BCUT2D eigenvalue weighted by atomic mass is 9.81. The van der Waals surface area contributed by atoms with Crippen molar-refractivity contribution in [2.24, 2.45) is 0 Å². The van der Waals surface area contributed by atoms with E-state index in [1.54, 1.807) is 34.1 Å². The number of para-hydroxylation sites is 3. The maximum atomic E-state index is 13.5. The van der Waals surface area contributed by atoms with Crippen molar-refractivity contribution in [1.29, 1.82) is 0 Å². The number of fused-ring (bicyclic) bond motifs is 4. The van der Waals surface area contributed by atoms with Gasteiger partial charge in [-0.3, -0.25) is 0 Å². The topological polar surface area (TPSA) is 98.8 Å². The van der Waals surface area contributed by atoms with Crippen LogP contribution >= 0.6 is 0 Å². The zero-order valence-corrected chi connectivity index (χ0v) is 22.6. The number of rotatable bonds is 4. The van der Waals surface area contributed by atoms with E-state index in [9.17, 15) is 4.79 Å². The summed E-state index contributed by atoms with van der Waals surface area (Å²) in [6, 6.07) is 23.2. The standard InChI is InChI=1S/C28H23N3O4.C3H8O/c1-16-22-23(19-13-9-15-21(33-2)26(19)34-3)24-25(18-12-7-8-14-20(18)35-28(24)32)29-27(22)31(30-16)17-10-5-4-6-11-17;1-3(2)4/h4-15,23,29H,1-3H3;3-4H,1-2H3. The molecule has 3 aromatic carbocycles. The molecule has 0 fully saturated rings. The zero-order valence-electron chi connectivity index (χ0n) is 22.6. The molecule has 5 aromatic rings. The first-order valence-corrected chi connectivity index (χ1v) is 12.7. The van der Waals surface area contributed by atoms with Crippen molar-refractivity contribution in [1.82, 2.24) is 9.78 Å². The monoisotopic (exact) mass is 525 g/mol. The summed E-state index contributed by atoms with van der Waals surface area (Å²) in [7, 11) is 3.21. The van der Waals surface area contributed by atoms with E-state index in [0.29, 0.717) is 28.3 Å². The summed E-state index contributed by atoms with van der Waals surface area (Å²) >= 11 is 0. The van der Waals surface area contributed by atoms with Gasteiger partial charge in [-0.1, -0.05) is 42.5 Å². The molecule has 1 aliphatic rings. The Morgan fingerprint density at radius 2 is 1.64 bits per heavy atom. The van der Waals surface area contributed by atoms with Crippen LogP contribution in [0.15, 0.2) is 82.0 Å². The molecule has 0 radical (unpaired) electrons. The minimum atomic E-state index is -0.482. The van der Waals surface area contributed by atoms with Gasteiger partial charge in [0.2, 0.25) is 0 Å². The van der Waals surface area contributed by atoms with Crippen molar-refractivity contribution in [3.05, 3.63) is 106 Å². The lowest BCUT2D eigenvalue weighted by Crippen LogP contribution is -2.23. The Morgan fingerprint density at radius 3 is 2.33 bits per heavy atom. The van der Waals surface area contributed by atoms with Crippen LogP contribution in [-0.4, -0.2) is 35.2 Å². The number of benzene rings is 3. The van der Waals surface area contributed by atoms with Gasteiger partial charge in [0, 0.05) is 22.6 Å². The Bertz CT molecular complexity index is 1690. The predicted molar refractivity (Wildman–Crippen MR) is 152 cm³/mol. The van der Waals surface area contributed by atoms with Gasteiger partial charge in [0.15, 0.2) is 11.5 Å². The molecule has 0 bridgehead atoms. The van der Waals surface area contributed by atoms with E-state index in [0.717, 1.165) is 33.7 Å². The second-order valence-electron chi connectivity index (χ2n) is 9.50. The molecule has 8 nitrogen and oxygen atoms in total. The van der Waals surface area contributed by atoms with Gasteiger partial charge in [0.05, 0.1) is 42.8 Å². The molecule has 0 saturated heterocycles. The van der Waals surface area contributed by atoms with Crippen LogP contribution < -0.4 is 20.4 Å². The number of aryl methyl sites for hydroxylation is 1. The fraction of sp³-hybridized carbons (Fsp3) is 0.226. The minimum Gasteiger partial charge on any atom is -0.493 e. The summed E-state index contributed by atoms with van der Waals surface area (Å²) in [5.41, 5.74) is 4.73. The minimum absolute atomic E-state index is 0.167. The maximum absolute atomic E-state index is 13.5. The highest BCUT2D eigenvalue weighted by Gasteiger charge is 2.38. The van der Waals surface area contributed by atoms with Gasteiger partial charge in [0.25, 0.3) is 0 Å². The molecule has 6 rings (SSSR count). The van der Waals surface area contributed by atoms with E-state index in [4.69, 9.17) is 24.1 Å². The van der Waals surface area contributed by atoms with Crippen LogP contribution in [0.5, 0.6) is 11.5 Å². The van der Waals surface area contributed by atoms with E-state index in [1.807, 2.05) is 78.3 Å². The van der Waals surface area contributed by atoms with Gasteiger partial charge in [-0.25, -0.2) is 9.48 Å². The lowest BCUT2D eigenvalue weighted by Gasteiger charge is -2.29. The smallest absolute Gasteiger partial charge is 0.342 e. The second-order valence-corrected chi connectivity index (χ2v) is 9.50. The Kier molecular flexibility index (Phi) is 7.13. The van der Waals surface area contributed by atoms with E-state index in [2.05, 4.69) is 5.32 Å². The third kappa shape index (κ3) is 4.64. The van der Waals surface area contributed by atoms with Crippen molar-refractivity contribution in [2.75, 3.05) is 19.5 Å². The van der Waals surface area contributed by atoms with Gasteiger partial charge in [-0.15, -0.1) is 0 Å². The third-order valence-corrected chi connectivity index (χ3v) is 6.52. The summed E-state index contributed by atoms with van der Waals surface area (Å²) in [6.07, 6.45) is -0.167. The van der Waals surface area contributed by atoms with E-state index >= 15 is 0 Å². The van der Waals surface area contributed by atoms with Crippen LogP contribution in [0.1, 0.15) is 42.1 Å². The molecule has 200 valence electrons. The third-order valence-electron chi connectivity index (χ3n) is 6.52. The molecule has 39 heavy (non-hydrogen) atoms. The van der Waals surface area contributed by atoms with Crippen molar-refractivity contribution < 1.29 is 19.0 Å². The van der Waals surface area contributed by atoms with Crippen molar-refractivity contribution in [2.45, 2.75) is 32.8 Å². The Hall–Kier alpha value is -4.56. The first-order valence-electron chi connectivity index (χ1n) is 12.7. The fourth-order valence-electron chi connectivity index (χ4n) is 5.04. The largest absolute Gasteiger partial charge is 0.493 e. The number of nitrogens with zero attached hydrogens (tertiary/aromatic N) is 2. The summed E-state index contributed by atoms with van der Waals surface area (Å²) in [6.45, 7) is 5.40. The fourth-order valence-corrected chi connectivity index (χ4v) is 5.04. The summed E-state index contributed by atoms with van der Waals surface area (Å²) in [4.78, 5) is 13.5. The highest BCUT2D eigenvalue weighted by Crippen LogP contribution is 2.50. The molecule has 2 aromatic heterocycles. The van der Waals surface area contributed by atoms with Crippen LogP contribution in [0.3, 0.4) is 0 Å². The van der Waals surface area contributed by atoms with Crippen LogP contribution in [0.2, 0.25) is 0 Å². The number of nitrogens with one attached hydrogen (secondary N) is 1. The normalized spacial score (nSPS) is 13.7. The van der Waals surface area contributed by atoms with E-state index in [-0.39, 0.29) is 6.10 Å². The van der Waals surface area contributed by atoms with Gasteiger partial charge >= 0.3 is 5.63 Å². The first-order chi connectivity index (χ1) is 18.8. The van der Waals surface area contributed by atoms with Crippen molar-refractivity contribution in [3.63, 3.8) is 0 Å². The second kappa shape index (κ2) is 10.7. The van der Waals surface area contributed by atoms with Gasteiger partial charge in [-0.2, -0.15) is 5.10 Å². The molecule has 1 atom stereocenters. The average Bonchev–Trinajstić information content (AvgIpc) is 3.27. The molecule has 0 spiro atoms. The molecule has 0 amide bonds. The van der Waals surface area contributed by atoms with Gasteiger partial charge < -0.3 is 24.3 Å². The summed E-state index contributed by atoms with van der Waals surface area (Å²) < 4.78 is 19.1. The van der Waals surface area contributed by atoms with Crippen LogP contribution in [0.4, 0.5) is 11.5 Å². The summed E-state index contributed by atoms with van der Waals surface area (Å²) in [5.74, 6) is 1.47. The zero-order chi connectivity index (χ0) is 27.7. The highest BCUT2D eigenvalue weighted by atomic mass is 16.5. The molecule has 1 aliphatic heterocycles. The average molecular weight is 526 g/mol. The number of hydrogen-bond acceptors (Lipinski definition) is 7. The van der Waals surface area contributed by atoms with Crippen molar-refractivity contribution in [3.8, 4) is 17.2 Å². The molecule has 8 heteroatoms. The number of aliphatic hydroxyl groups is 1. The van der Waals surface area contributed by atoms with Crippen molar-refractivity contribution >= 4 is 22.5 Å². The molecule has 3 heterocycles. The van der Waals surface area contributed by atoms with Crippen LogP contribution in [-0.2, 0) is 0 Å². The number of anilines is 2. The molecular formula is C31H31N3O5. The first kappa shape index (κ1) is 26.1. The predicted octanol–water partition coefficient (Wildman–Crippen LogP) is 5.93. The number of aliphatic hydroxyl groups excluding tert-OH is 1. The molecule has 1 unspecified atom stereocenters. The molecule has 0 saturated carbocycles. The Labute approximate surface area is 226 Å². The lowest BCUT2D eigenvalue weighted by molar-refractivity contribution is 0.216. The van der Waals surface area contributed by atoms with Gasteiger partial charge in [-0.05, 0) is 51.1 Å². The summed E-state index contributed by atoms with van der Waals surface area (Å²) in [5, 5.41) is 17.3. The number of aromatic nitrogens is 2. The van der Waals surface area contributed by atoms with Crippen LogP contribution in [0, 0.1) is 6.92 Å². The number of ether oxygens (including phenoxy) is 2. The van der Waals surface area contributed by atoms with Gasteiger partial charge in [0.1, 0.15) is 11.4 Å². The Balaban J connectivity index is 0.000000723. The number of methoxy groups -OCH3 is 2. The van der Waals surface area contributed by atoms with E-state index < -0.39 is 11.5 Å². The molecular weight excluding hydrogens is 494 g/mol. The number of hydrogen-bond donors (Lipinski definition) is 2. The maximum Gasteiger partial charge on any atom is 0.342 e. The van der Waals surface area contributed by atoms with E-state index in [1.165, 1.54) is 0 Å². The molecule has 0 aliphatic carbocycles.